The van der Waals surface area contributed by atoms with Gasteiger partial charge in [-0.05, 0) is 35.9 Å². The quantitative estimate of drug-likeness (QED) is 0.588. The number of rotatable bonds is 5. The molecule has 0 aliphatic rings. The fourth-order valence-electron chi connectivity index (χ4n) is 2.48. The van der Waals surface area contributed by atoms with Gasteiger partial charge in [0, 0.05) is 35.8 Å². The summed E-state index contributed by atoms with van der Waals surface area (Å²) in [6.45, 7) is 0.728. The van der Waals surface area contributed by atoms with E-state index in [-0.39, 0.29) is 0 Å². The highest BCUT2D eigenvalue weighted by Gasteiger charge is 2.10. The minimum atomic E-state index is 0.512. The van der Waals surface area contributed by atoms with Gasteiger partial charge in [-0.25, -0.2) is 0 Å². The van der Waals surface area contributed by atoms with Gasteiger partial charge in [0.15, 0.2) is 0 Å². The van der Waals surface area contributed by atoms with Gasteiger partial charge in [0.25, 0.3) is 5.89 Å². The summed E-state index contributed by atoms with van der Waals surface area (Å²) < 4.78 is 5.38. The Bertz CT molecular complexity index is 934. The number of benzene rings is 2. The second-order valence-electron chi connectivity index (χ2n) is 5.58. The van der Waals surface area contributed by atoms with E-state index < -0.39 is 0 Å². The molecule has 0 aliphatic carbocycles. The molecule has 0 saturated carbocycles. The lowest BCUT2D eigenvalue weighted by Crippen LogP contribution is -1.99. The van der Waals surface area contributed by atoms with Gasteiger partial charge in [-0.2, -0.15) is 4.98 Å². The Labute approximate surface area is 145 Å². The average molecular weight is 328 g/mol. The molecular formula is C20H16N4O. The van der Waals surface area contributed by atoms with Gasteiger partial charge in [0.2, 0.25) is 5.82 Å². The zero-order chi connectivity index (χ0) is 16.9. The van der Waals surface area contributed by atoms with Crippen molar-refractivity contribution in [3.05, 3.63) is 84.7 Å². The molecule has 0 saturated heterocycles. The summed E-state index contributed by atoms with van der Waals surface area (Å²) >= 11 is 0. The number of anilines is 1. The molecule has 25 heavy (non-hydrogen) atoms. The van der Waals surface area contributed by atoms with E-state index in [1.165, 1.54) is 0 Å². The highest BCUT2D eigenvalue weighted by molar-refractivity contribution is 5.62. The lowest BCUT2D eigenvalue weighted by molar-refractivity contribution is 0.432. The van der Waals surface area contributed by atoms with E-state index in [0.717, 1.165) is 28.9 Å². The van der Waals surface area contributed by atoms with Gasteiger partial charge in [-0.1, -0.05) is 41.6 Å². The Kier molecular flexibility index (Phi) is 4.20. The zero-order valence-electron chi connectivity index (χ0n) is 13.5. The van der Waals surface area contributed by atoms with Crippen LogP contribution in [0, 0.1) is 0 Å². The van der Waals surface area contributed by atoms with Gasteiger partial charge in [0.05, 0.1) is 0 Å². The van der Waals surface area contributed by atoms with Crippen LogP contribution >= 0.6 is 0 Å². The van der Waals surface area contributed by atoms with Gasteiger partial charge >= 0.3 is 0 Å². The summed E-state index contributed by atoms with van der Waals surface area (Å²) in [5.41, 5.74) is 3.99. The second-order valence-corrected chi connectivity index (χ2v) is 5.58. The molecule has 5 heteroatoms. The maximum absolute atomic E-state index is 5.38. The fraction of sp³-hybridized carbons (Fsp3) is 0.0500. The third-order valence-electron chi connectivity index (χ3n) is 3.81. The SMILES string of the molecule is c1ccc(-c2noc(-c3ccc(NCc4cccnc4)cc3)n2)cc1. The number of aromatic nitrogens is 3. The van der Waals surface area contributed by atoms with Crippen LogP contribution in [0.4, 0.5) is 5.69 Å². The fourth-order valence-corrected chi connectivity index (χ4v) is 2.48. The van der Waals surface area contributed by atoms with Crippen LogP contribution in [0.15, 0.2) is 83.6 Å². The molecule has 0 amide bonds. The highest BCUT2D eigenvalue weighted by atomic mass is 16.5. The third kappa shape index (κ3) is 3.55. The van der Waals surface area contributed by atoms with Gasteiger partial charge < -0.3 is 9.84 Å². The average Bonchev–Trinajstić information content (AvgIpc) is 3.19. The first-order valence-corrected chi connectivity index (χ1v) is 8.01. The predicted molar refractivity (Wildman–Crippen MR) is 96.7 cm³/mol. The Morgan fingerprint density at radius 3 is 2.44 bits per heavy atom. The van der Waals surface area contributed by atoms with Crippen molar-refractivity contribution in [2.45, 2.75) is 6.54 Å². The number of hydrogen-bond donors (Lipinski definition) is 1. The molecule has 0 bridgehead atoms. The first-order chi connectivity index (χ1) is 12.4. The van der Waals surface area contributed by atoms with Crippen molar-refractivity contribution in [2.24, 2.45) is 0 Å². The molecule has 4 rings (SSSR count). The van der Waals surface area contributed by atoms with Crippen molar-refractivity contribution in [1.82, 2.24) is 15.1 Å². The number of hydrogen-bond acceptors (Lipinski definition) is 5. The molecule has 0 aliphatic heterocycles. The summed E-state index contributed by atoms with van der Waals surface area (Å²) in [5.74, 6) is 1.10. The molecule has 1 N–H and O–H groups in total. The third-order valence-corrected chi connectivity index (χ3v) is 3.81. The van der Waals surface area contributed by atoms with Crippen molar-refractivity contribution in [3.8, 4) is 22.8 Å². The summed E-state index contributed by atoms with van der Waals surface area (Å²) in [7, 11) is 0. The molecule has 0 radical (unpaired) electrons. The van der Waals surface area contributed by atoms with Crippen molar-refractivity contribution >= 4 is 5.69 Å². The van der Waals surface area contributed by atoms with Crippen LogP contribution in [0.3, 0.4) is 0 Å². The molecule has 2 aromatic heterocycles. The van der Waals surface area contributed by atoms with Crippen LogP contribution in [0.2, 0.25) is 0 Å². The normalized spacial score (nSPS) is 10.6. The van der Waals surface area contributed by atoms with Crippen LogP contribution in [-0.4, -0.2) is 15.1 Å². The largest absolute Gasteiger partial charge is 0.381 e. The maximum Gasteiger partial charge on any atom is 0.258 e. The standard InChI is InChI=1S/C20H16N4O/c1-2-6-16(7-3-1)19-23-20(25-24-19)17-8-10-18(11-9-17)22-14-15-5-4-12-21-13-15/h1-13,22H,14H2. The predicted octanol–water partition coefficient (Wildman–Crippen LogP) is 4.41. The van der Waals surface area contributed by atoms with E-state index >= 15 is 0 Å². The Morgan fingerprint density at radius 2 is 1.68 bits per heavy atom. The number of nitrogens with one attached hydrogen (secondary N) is 1. The summed E-state index contributed by atoms with van der Waals surface area (Å²) in [5, 5.41) is 7.42. The summed E-state index contributed by atoms with van der Waals surface area (Å²) in [6, 6.07) is 21.7. The second kappa shape index (κ2) is 6.97. The maximum atomic E-state index is 5.38. The van der Waals surface area contributed by atoms with Gasteiger partial charge in [-0.3, -0.25) is 4.98 Å². The van der Waals surface area contributed by atoms with Crippen LogP contribution in [-0.2, 0) is 6.54 Å². The van der Waals surface area contributed by atoms with E-state index in [1.807, 2.05) is 72.9 Å². The molecule has 0 atom stereocenters. The van der Waals surface area contributed by atoms with E-state index in [4.69, 9.17) is 4.52 Å². The Hall–Kier alpha value is -3.47. The van der Waals surface area contributed by atoms with Crippen LogP contribution in [0.25, 0.3) is 22.8 Å². The van der Waals surface area contributed by atoms with Crippen molar-refractivity contribution in [2.75, 3.05) is 5.32 Å². The monoisotopic (exact) mass is 328 g/mol. The topological polar surface area (TPSA) is 63.8 Å². The van der Waals surface area contributed by atoms with E-state index in [0.29, 0.717) is 11.7 Å². The van der Waals surface area contributed by atoms with Crippen LogP contribution in [0.5, 0.6) is 0 Å². The molecular weight excluding hydrogens is 312 g/mol. The molecule has 2 aromatic carbocycles. The highest BCUT2D eigenvalue weighted by Crippen LogP contribution is 2.23. The lowest BCUT2D eigenvalue weighted by Gasteiger charge is -2.06. The van der Waals surface area contributed by atoms with E-state index in [1.54, 1.807) is 6.20 Å². The van der Waals surface area contributed by atoms with Gasteiger partial charge in [-0.15, -0.1) is 0 Å². The van der Waals surface area contributed by atoms with Crippen molar-refractivity contribution < 1.29 is 4.52 Å². The Morgan fingerprint density at radius 1 is 0.840 bits per heavy atom. The minimum Gasteiger partial charge on any atom is -0.381 e. The summed E-state index contributed by atoms with van der Waals surface area (Å²) in [4.78, 5) is 8.58. The van der Waals surface area contributed by atoms with E-state index in [9.17, 15) is 0 Å². The van der Waals surface area contributed by atoms with Crippen molar-refractivity contribution in [1.29, 1.82) is 0 Å². The van der Waals surface area contributed by atoms with E-state index in [2.05, 4.69) is 20.4 Å². The molecule has 2 heterocycles. The minimum absolute atomic E-state index is 0.512. The smallest absolute Gasteiger partial charge is 0.258 e. The van der Waals surface area contributed by atoms with Crippen LogP contribution in [0.1, 0.15) is 5.56 Å². The lowest BCUT2D eigenvalue weighted by atomic mass is 10.2. The summed E-state index contributed by atoms with van der Waals surface area (Å²) in [6.07, 6.45) is 3.62. The molecule has 5 nitrogen and oxygen atoms in total. The molecule has 122 valence electrons. The molecule has 0 fully saturated rings. The molecule has 0 spiro atoms. The zero-order valence-corrected chi connectivity index (χ0v) is 13.5. The first kappa shape index (κ1) is 15.1. The number of nitrogens with zero attached hydrogens (tertiary/aromatic N) is 3. The first-order valence-electron chi connectivity index (χ1n) is 8.01. The Balaban J connectivity index is 1.46. The molecule has 0 unspecified atom stereocenters. The van der Waals surface area contributed by atoms with Crippen LogP contribution < -0.4 is 5.32 Å². The molecule has 4 aromatic rings. The number of pyridine rings is 1. The van der Waals surface area contributed by atoms with Crippen molar-refractivity contribution in [3.63, 3.8) is 0 Å². The van der Waals surface area contributed by atoms with Gasteiger partial charge in [0.1, 0.15) is 0 Å².